The summed E-state index contributed by atoms with van der Waals surface area (Å²) in [6.07, 6.45) is 1.65. The number of aromatic nitrogens is 2. The van der Waals surface area contributed by atoms with Crippen molar-refractivity contribution in [3.05, 3.63) is 41.8 Å². The molecule has 0 atom stereocenters. The average molecular weight is 305 g/mol. The van der Waals surface area contributed by atoms with Gasteiger partial charge in [0.15, 0.2) is 0 Å². The number of benzene rings is 1. The first-order valence-corrected chi connectivity index (χ1v) is 7.50. The van der Waals surface area contributed by atoms with Crippen molar-refractivity contribution in [1.82, 2.24) is 9.97 Å². The van der Waals surface area contributed by atoms with Crippen molar-refractivity contribution in [2.45, 2.75) is 20.0 Å². The van der Waals surface area contributed by atoms with Crippen molar-refractivity contribution < 1.29 is 4.74 Å². The van der Waals surface area contributed by atoms with Crippen LogP contribution in [0.2, 0.25) is 5.15 Å². The molecule has 0 aliphatic carbocycles. The van der Waals surface area contributed by atoms with Gasteiger partial charge in [0.25, 0.3) is 0 Å². The van der Waals surface area contributed by atoms with Crippen molar-refractivity contribution in [3.63, 3.8) is 0 Å². The molecule has 3 rings (SSSR count). The summed E-state index contributed by atoms with van der Waals surface area (Å²) in [5, 5.41) is 0.501. The average Bonchev–Trinajstić information content (AvgIpc) is 2.84. The van der Waals surface area contributed by atoms with Gasteiger partial charge in [0.1, 0.15) is 17.2 Å². The smallest absolute Gasteiger partial charge is 0.150 e. The van der Waals surface area contributed by atoms with Crippen molar-refractivity contribution in [2.24, 2.45) is 0 Å². The minimum atomic E-state index is 0.160. The van der Waals surface area contributed by atoms with Gasteiger partial charge in [-0.25, -0.2) is 9.97 Å². The van der Waals surface area contributed by atoms with Crippen molar-refractivity contribution >= 4 is 33.2 Å². The lowest BCUT2D eigenvalue weighted by molar-refractivity contribution is 0.242. The Labute approximate surface area is 126 Å². The molecule has 2 heterocycles. The standard InChI is InChI=1S/C15H13ClN2OS/c1-9(2)19-11-5-3-4-10(6-11)13-7-12-14(20-13)15(16)18-8-17-12/h3-9H,1-2H3. The Balaban J connectivity index is 2.04. The molecule has 0 amide bonds. The summed E-state index contributed by atoms with van der Waals surface area (Å²) in [6, 6.07) is 10.1. The summed E-state index contributed by atoms with van der Waals surface area (Å²) in [6.45, 7) is 4.03. The highest BCUT2D eigenvalue weighted by atomic mass is 35.5. The Morgan fingerprint density at radius 3 is 2.80 bits per heavy atom. The highest BCUT2D eigenvalue weighted by Gasteiger charge is 2.09. The summed E-state index contributed by atoms with van der Waals surface area (Å²) < 4.78 is 6.64. The molecule has 0 radical (unpaired) electrons. The van der Waals surface area contributed by atoms with Gasteiger partial charge >= 0.3 is 0 Å². The Bertz CT molecular complexity index is 754. The molecule has 102 valence electrons. The third kappa shape index (κ3) is 2.62. The van der Waals surface area contributed by atoms with Gasteiger partial charge in [-0.3, -0.25) is 0 Å². The second-order valence-electron chi connectivity index (χ2n) is 4.68. The molecule has 5 heteroatoms. The van der Waals surface area contributed by atoms with Crippen molar-refractivity contribution in [1.29, 1.82) is 0 Å². The summed E-state index contributed by atoms with van der Waals surface area (Å²) in [5.41, 5.74) is 1.97. The van der Waals surface area contributed by atoms with E-state index < -0.39 is 0 Å². The number of hydrogen-bond donors (Lipinski definition) is 0. The number of halogens is 1. The topological polar surface area (TPSA) is 35.0 Å². The number of fused-ring (bicyclic) bond motifs is 1. The van der Waals surface area contributed by atoms with Crippen LogP contribution in [-0.2, 0) is 0 Å². The van der Waals surface area contributed by atoms with Crippen LogP contribution in [0.25, 0.3) is 20.7 Å². The highest BCUT2D eigenvalue weighted by Crippen LogP contribution is 2.36. The van der Waals surface area contributed by atoms with Gasteiger partial charge in [0.2, 0.25) is 0 Å². The number of hydrogen-bond acceptors (Lipinski definition) is 4. The van der Waals surface area contributed by atoms with Crippen LogP contribution < -0.4 is 4.74 Å². The lowest BCUT2D eigenvalue weighted by atomic mass is 10.2. The fourth-order valence-corrected chi connectivity index (χ4v) is 3.21. The predicted octanol–water partition coefficient (Wildman–Crippen LogP) is 4.80. The van der Waals surface area contributed by atoms with Gasteiger partial charge in [0.05, 0.1) is 16.3 Å². The van der Waals surface area contributed by atoms with Gasteiger partial charge in [-0.1, -0.05) is 23.7 Å². The summed E-state index contributed by atoms with van der Waals surface area (Å²) >= 11 is 7.68. The van der Waals surface area contributed by atoms with Crippen LogP contribution in [0.5, 0.6) is 5.75 Å². The molecule has 0 aliphatic heterocycles. The normalized spacial score (nSPS) is 11.2. The third-order valence-corrected chi connectivity index (χ3v) is 4.34. The lowest BCUT2D eigenvalue weighted by Gasteiger charge is -2.10. The zero-order valence-corrected chi connectivity index (χ0v) is 12.7. The number of ether oxygens (including phenoxy) is 1. The van der Waals surface area contributed by atoms with Crippen LogP contribution in [0, 0.1) is 0 Å². The van der Waals surface area contributed by atoms with Crippen LogP contribution in [0.4, 0.5) is 0 Å². The fourth-order valence-electron chi connectivity index (χ4n) is 1.96. The largest absolute Gasteiger partial charge is 0.491 e. The van der Waals surface area contributed by atoms with Crippen LogP contribution in [-0.4, -0.2) is 16.1 Å². The Hall–Kier alpha value is -1.65. The lowest BCUT2D eigenvalue weighted by Crippen LogP contribution is -2.05. The van der Waals surface area contributed by atoms with Crippen molar-refractivity contribution in [2.75, 3.05) is 0 Å². The van der Waals surface area contributed by atoms with E-state index in [0.29, 0.717) is 5.15 Å². The molecule has 3 aromatic rings. The molecule has 0 saturated heterocycles. The molecule has 0 fully saturated rings. The molecule has 0 N–H and O–H groups in total. The molecular weight excluding hydrogens is 292 g/mol. The van der Waals surface area contributed by atoms with Gasteiger partial charge in [0, 0.05) is 4.88 Å². The molecule has 0 aliphatic rings. The number of rotatable bonds is 3. The number of thiophene rings is 1. The van der Waals surface area contributed by atoms with Crippen LogP contribution in [0.1, 0.15) is 13.8 Å². The Morgan fingerprint density at radius 1 is 1.20 bits per heavy atom. The summed E-state index contributed by atoms with van der Waals surface area (Å²) in [7, 11) is 0. The second-order valence-corrected chi connectivity index (χ2v) is 6.09. The molecule has 3 nitrogen and oxygen atoms in total. The first-order chi connectivity index (χ1) is 9.63. The molecular formula is C15H13ClN2OS. The second kappa shape index (κ2) is 5.38. The van der Waals surface area contributed by atoms with E-state index in [1.165, 1.54) is 6.33 Å². The van der Waals surface area contributed by atoms with Crippen molar-refractivity contribution in [3.8, 4) is 16.2 Å². The van der Waals surface area contributed by atoms with E-state index in [9.17, 15) is 0 Å². The SMILES string of the molecule is CC(C)Oc1cccc(-c2cc3ncnc(Cl)c3s2)c1. The zero-order chi connectivity index (χ0) is 14.1. The van der Waals surface area contributed by atoms with Gasteiger partial charge in [-0.05, 0) is 37.6 Å². The molecule has 1 aromatic carbocycles. The predicted molar refractivity (Wildman–Crippen MR) is 83.6 cm³/mol. The molecule has 2 aromatic heterocycles. The third-order valence-electron chi connectivity index (χ3n) is 2.76. The highest BCUT2D eigenvalue weighted by molar-refractivity contribution is 7.22. The van der Waals surface area contributed by atoms with Crippen LogP contribution >= 0.6 is 22.9 Å². The first kappa shape index (κ1) is 13.3. The summed E-state index contributed by atoms with van der Waals surface area (Å²) in [4.78, 5) is 9.36. The molecule has 0 bridgehead atoms. The van der Waals surface area contributed by atoms with E-state index in [-0.39, 0.29) is 6.10 Å². The molecule has 0 unspecified atom stereocenters. The molecule has 0 saturated carbocycles. The van der Waals surface area contributed by atoms with E-state index in [1.54, 1.807) is 11.3 Å². The van der Waals surface area contributed by atoms with Crippen LogP contribution in [0.15, 0.2) is 36.7 Å². The van der Waals surface area contributed by atoms with Gasteiger partial charge in [-0.2, -0.15) is 0 Å². The maximum atomic E-state index is 6.09. The van der Waals surface area contributed by atoms with Gasteiger partial charge < -0.3 is 4.74 Å². The molecule has 20 heavy (non-hydrogen) atoms. The maximum absolute atomic E-state index is 6.09. The van der Waals surface area contributed by atoms with E-state index >= 15 is 0 Å². The van der Waals surface area contributed by atoms with E-state index in [4.69, 9.17) is 16.3 Å². The first-order valence-electron chi connectivity index (χ1n) is 6.30. The fraction of sp³-hybridized carbons (Fsp3) is 0.200. The quantitative estimate of drug-likeness (QED) is 0.652. The van der Waals surface area contributed by atoms with Crippen LogP contribution in [0.3, 0.4) is 0 Å². The van der Waals surface area contributed by atoms with Gasteiger partial charge in [-0.15, -0.1) is 11.3 Å². The van der Waals surface area contributed by atoms with E-state index in [1.807, 2.05) is 38.1 Å². The molecule has 0 spiro atoms. The van der Waals surface area contributed by atoms with E-state index in [0.717, 1.165) is 26.4 Å². The van der Waals surface area contributed by atoms with E-state index in [2.05, 4.69) is 16.0 Å². The minimum absolute atomic E-state index is 0.160. The minimum Gasteiger partial charge on any atom is -0.491 e. The number of nitrogens with zero attached hydrogens (tertiary/aromatic N) is 2. The Morgan fingerprint density at radius 2 is 2.05 bits per heavy atom. The maximum Gasteiger partial charge on any atom is 0.150 e. The monoisotopic (exact) mass is 304 g/mol. The Kier molecular flexibility index (Phi) is 3.59. The summed E-state index contributed by atoms with van der Waals surface area (Å²) in [5.74, 6) is 0.868. The zero-order valence-electron chi connectivity index (χ0n) is 11.1.